The predicted octanol–water partition coefficient (Wildman–Crippen LogP) is -2.13. The highest BCUT2D eigenvalue weighted by molar-refractivity contribution is 8.00. The lowest BCUT2D eigenvalue weighted by molar-refractivity contribution is -0.582. The first-order valence-corrected chi connectivity index (χ1v) is 11.9. The quantitative estimate of drug-likeness (QED) is 0.159. The van der Waals surface area contributed by atoms with E-state index in [0.29, 0.717) is 0 Å². The summed E-state index contributed by atoms with van der Waals surface area (Å²) in [7, 11) is 1.25. The number of nitrogen functional groups attached to an aromatic ring is 1. The van der Waals surface area contributed by atoms with Crippen LogP contribution in [0, 0.1) is 0 Å². The molecule has 13 nitrogen and oxygen atoms in total. The molecule has 0 unspecified atom stereocenters. The third-order valence-corrected chi connectivity index (χ3v) is 7.55. The van der Waals surface area contributed by atoms with Crippen molar-refractivity contribution in [2.24, 2.45) is 10.9 Å². The number of nitrogens with two attached hydrogens (primary N) is 2. The van der Waals surface area contributed by atoms with Gasteiger partial charge in [-0.15, -0.1) is 23.1 Å². The topological polar surface area (TPSA) is 197 Å². The lowest BCUT2D eigenvalue weighted by Crippen LogP contribution is -2.79. The number of nitrogens with zero attached hydrogens (tertiary/aromatic N) is 4. The Morgan fingerprint density at radius 3 is 2.60 bits per heavy atom. The fourth-order valence-corrected chi connectivity index (χ4v) is 5.76. The number of amides is 3. The molecule has 1 saturated heterocycles. The van der Waals surface area contributed by atoms with Gasteiger partial charge in [-0.2, -0.15) is 4.57 Å². The normalized spacial score (nSPS) is 21.8. The number of rotatable bonds is 7. The summed E-state index contributed by atoms with van der Waals surface area (Å²) in [5.41, 5.74) is 9.61. The third kappa shape index (κ3) is 4.08. The SMILES string of the molecule is CO/N=C(\C(=O)N[C@]1(C)C(=O)N2C(C(=O)[O-])=C([n+]3ccc(C(N)=O)cc3)CS[C@H]21)c1csc(N)n1. The number of primary amides is 1. The van der Waals surface area contributed by atoms with E-state index in [1.54, 1.807) is 0 Å². The summed E-state index contributed by atoms with van der Waals surface area (Å²) < 4.78 is 1.47. The number of hydrogen-bond donors (Lipinski definition) is 3. The number of aromatic nitrogens is 2. The Hall–Kier alpha value is -3.98. The Morgan fingerprint density at radius 2 is 2.06 bits per heavy atom. The van der Waals surface area contributed by atoms with Crippen molar-refractivity contribution >= 4 is 63.3 Å². The van der Waals surface area contributed by atoms with E-state index in [0.717, 1.165) is 16.2 Å². The van der Waals surface area contributed by atoms with E-state index in [1.165, 1.54) is 60.3 Å². The number of anilines is 1. The van der Waals surface area contributed by atoms with Gasteiger partial charge in [0.25, 0.3) is 11.8 Å². The van der Waals surface area contributed by atoms with E-state index in [1.807, 2.05) is 0 Å². The maximum atomic E-state index is 13.2. The van der Waals surface area contributed by atoms with Gasteiger partial charge in [0.2, 0.25) is 11.6 Å². The molecular weight excluding hydrogens is 498 g/mol. The van der Waals surface area contributed by atoms with Crippen molar-refractivity contribution in [3.8, 4) is 0 Å². The average molecular weight is 518 g/mol. The Bertz CT molecular complexity index is 1310. The van der Waals surface area contributed by atoms with E-state index >= 15 is 0 Å². The molecule has 2 aromatic rings. The Morgan fingerprint density at radius 1 is 1.37 bits per heavy atom. The molecule has 35 heavy (non-hydrogen) atoms. The molecule has 3 amide bonds. The molecule has 1 fully saturated rings. The number of carboxylic acid groups (broad SMARTS) is 1. The number of carboxylic acids is 1. The van der Waals surface area contributed by atoms with Crippen LogP contribution >= 0.6 is 23.1 Å². The highest BCUT2D eigenvalue weighted by Gasteiger charge is 2.63. The molecule has 2 atom stereocenters. The van der Waals surface area contributed by atoms with Crippen molar-refractivity contribution in [3.63, 3.8) is 0 Å². The second-order valence-electron chi connectivity index (χ2n) is 7.63. The summed E-state index contributed by atoms with van der Waals surface area (Å²) in [5, 5.41) is 19.4. The van der Waals surface area contributed by atoms with Crippen LogP contribution in [0.25, 0.3) is 5.70 Å². The van der Waals surface area contributed by atoms with Crippen LogP contribution in [0.3, 0.4) is 0 Å². The number of fused-ring (bicyclic) bond motifs is 1. The maximum Gasteiger partial charge on any atom is 0.276 e. The fraction of sp³-hybridized carbons (Fsp3) is 0.250. The molecule has 15 heteroatoms. The minimum atomic E-state index is -1.56. The molecule has 4 rings (SSSR count). The van der Waals surface area contributed by atoms with Crippen molar-refractivity contribution in [3.05, 3.63) is 46.9 Å². The largest absolute Gasteiger partial charge is 0.543 e. The monoisotopic (exact) mass is 517 g/mol. The van der Waals surface area contributed by atoms with Gasteiger partial charge in [0.15, 0.2) is 23.2 Å². The molecule has 5 N–H and O–H groups in total. The Kier molecular flexibility index (Phi) is 6.21. The zero-order valence-corrected chi connectivity index (χ0v) is 20.0. The maximum absolute atomic E-state index is 13.2. The van der Waals surface area contributed by atoms with E-state index in [4.69, 9.17) is 16.3 Å². The standard InChI is InChI=1S/C20H19N7O6S2/c1-20(24-15(29)12(25-33-2)10-7-35-19(22)23-10)17(32)27-13(16(30)31)11(8-34-18(20)27)26-5-3-9(4-6-26)14(21)28/h3-7,18H,8H2,1-2H3,(H5-,21,22,23,24,28,29,30,31)/b25-12-/t18-,20+/m0/s1. The van der Waals surface area contributed by atoms with E-state index in [9.17, 15) is 24.3 Å². The van der Waals surface area contributed by atoms with Gasteiger partial charge in [-0.3, -0.25) is 19.3 Å². The smallest absolute Gasteiger partial charge is 0.276 e. The number of nitrogens with one attached hydrogen (secondary N) is 1. The summed E-state index contributed by atoms with van der Waals surface area (Å²) in [6.45, 7) is 1.49. The molecule has 2 aromatic heterocycles. The first-order chi connectivity index (χ1) is 16.6. The van der Waals surface area contributed by atoms with Crippen LogP contribution in [-0.4, -0.2) is 63.1 Å². The molecule has 2 aliphatic heterocycles. The molecular formula is C20H19N7O6S2. The van der Waals surface area contributed by atoms with Crippen LogP contribution in [0.1, 0.15) is 23.0 Å². The van der Waals surface area contributed by atoms with Crippen molar-refractivity contribution < 1.29 is 33.7 Å². The minimum Gasteiger partial charge on any atom is -0.543 e. The van der Waals surface area contributed by atoms with E-state index in [-0.39, 0.29) is 39.2 Å². The van der Waals surface area contributed by atoms with Crippen LogP contribution in [-0.2, 0) is 19.2 Å². The van der Waals surface area contributed by atoms with Crippen LogP contribution in [0.15, 0.2) is 40.8 Å². The zero-order valence-electron chi connectivity index (χ0n) is 18.4. The number of pyridine rings is 1. The molecule has 2 aliphatic rings. The Balaban J connectivity index is 1.63. The van der Waals surface area contributed by atoms with E-state index in [2.05, 4.69) is 15.5 Å². The summed E-state index contributed by atoms with van der Waals surface area (Å²) in [6.07, 6.45) is 2.94. The highest BCUT2D eigenvalue weighted by atomic mass is 32.2. The molecule has 0 bridgehead atoms. The number of carbonyl (C=O) groups is 4. The molecule has 0 radical (unpaired) electrons. The van der Waals surface area contributed by atoms with Crippen molar-refractivity contribution in [1.29, 1.82) is 0 Å². The lowest BCUT2D eigenvalue weighted by atomic mass is 9.88. The molecule has 0 spiro atoms. The second-order valence-corrected chi connectivity index (χ2v) is 9.59. The van der Waals surface area contributed by atoms with Crippen LogP contribution in [0.2, 0.25) is 0 Å². The van der Waals surface area contributed by atoms with Gasteiger partial charge in [0, 0.05) is 17.5 Å². The number of thioether (sulfide) groups is 1. The number of thiazole rings is 1. The molecule has 0 saturated carbocycles. The predicted molar refractivity (Wildman–Crippen MR) is 123 cm³/mol. The number of β-lactam (4-membered cyclic amide) rings is 1. The summed E-state index contributed by atoms with van der Waals surface area (Å²) >= 11 is 2.35. The van der Waals surface area contributed by atoms with Gasteiger partial charge in [-0.25, -0.2) is 4.98 Å². The number of hydrogen-bond acceptors (Lipinski definition) is 11. The zero-order chi connectivity index (χ0) is 25.5. The molecule has 4 heterocycles. The number of carbonyl (C=O) groups excluding carboxylic acids is 4. The van der Waals surface area contributed by atoms with Crippen LogP contribution in [0.4, 0.5) is 5.13 Å². The highest BCUT2D eigenvalue weighted by Crippen LogP contribution is 2.45. The van der Waals surface area contributed by atoms with Gasteiger partial charge >= 0.3 is 0 Å². The number of oxime groups is 1. The first kappa shape index (κ1) is 24.2. The van der Waals surface area contributed by atoms with Crippen molar-refractivity contribution in [2.45, 2.75) is 17.8 Å². The second kappa shape index (κ2) is 8.99. The third-order valence-electron chi connectivity index (χ3n) is 5.44. The minimum absolute atomic E-state index is 0.170. The first-order valence-electron chi connectivity index (χ1n) is 9.94. The lowest BCUT2D eigenvalue weighted by Gasteiger charge is -2.55. The van der Waals surface area contributed by atoms with Gasteiger partial charge in [0.1, 0.15) is 29.4 Å². The molecule has 0 aliphatic carbocycles. The summed E-state index contributed by atoms with van der Waals surface area (Å²) in [5.74, 6) is -3.41. The van der Waals surface area contributed by atoms with Crippen LogP contribution in [0.5, 0.6) is 0 Å². The summed E-state index contributed by atoms with van der Waals surface area (Å²) in [4.78, 5) is 59.4. The molecule has 182 valence electrons. The van der Waals surface area contributed by atoms with Gasteiger partial charge in [-0.1, -0.05) is 5.16 Å². The van der Waals surface area contributed by atoms with Crippen LogP contribution < -0.4 is 26.5 Å². The Labute approximate surface area is 206 Å². The van der Waals surface area contributed by atoms with Crippen molar-refractivity contribution in [1.82, 2.24) is 15.2 Å². The van der Waals surface area contributed by atoms with Gasteiger partial charge in [-0.05, 0) is 6.92 Å². The van der Waals surface area contributed by atoms with Crippen molar-refractivity contribution in [2.75, 3.05) is 18.6 Å². The fourth-order valence-electron chi connectivity index (χ4n) is 3.77. The van der Waals surface area contributed by atoms with Gasteiger partial charge < -0.3 is 31.5 Å². The van der Waals surface area contributed by atoms with Gasteiger partial charge in [0.05, 0.1) is 17.3 Å². The average Bonchev–Trinajstić information content (AvgIpc) is 3.26. The van der Waals surface area contributed by atoms with E-state index < -0.39 is 34.6 Å². The number of aliphatic carboxylic acids is 1. The summed E-state index contributed by atoms with van der Waals surface area (Å²) in [6, 6.07) is 2.87. The molecule has 0 aromatic carbocycles.